The summed E-state index contributed by atoms with van der Waals surface area (Å²) in [6, 6.07) is 0. The van der Waals surface area contributed by atoms with Crippen LogP contribution in [0, 0.1) is 0 Å². The third-order valence-corrected chi connectivity index (χ3v) is 0.527. The van der Waals surface area contributed by atoms with E-state index in [4.69, 9.17) is 5.21 Å². The first kappa shape index (κ1) is 8.15. The maximum absolute atomic E-state index is 10.2. The third kappa shape index (κ3) is 2.85. The highest BCUT2D eigenvalue weighted by molar-refractivity contribution is 5.65. The maximum Gasteiger partial charge on any atom is 0.451 e. The van der Waals surface area contributed by atoms with Crippen molar-refractivity contribution < 1.29 is 19.9 Å². The van der Waals surface area contributed by atoms with Crippen molar-refractivity contribution in [3.05, 3.63) is 0 Å². The molecule has 0 rings (SSSR count). The van der Waals surface area contributed by atoms with Crippen LogP contribution in [0.2, 0.25) is 0 Å². The van der Waals surface area contributed by atoms with Crippen molar-refractivity contribution in [3.63, 3.8) is 0 Å². The topological polar surface area (TPSA) is 81.7 Å². The van der Waals surface area contributed by atoms with Gasteiger partial charge < -0.3 is 4.74 Å². The number of carbonyl (C=O) groups is 1. The first-order chi connectivity index (χ1) is 4.22. The molecule has 0 aliphatic carbocycles. The average Bonchev–Trinajstić information content (AvgIpc) is 1.87. The molecule has 6 nitrogen and oxygen atoms in total. The smallest absolute Gasteiger partial charge is 0.447 e. The molecule has 0 aromatic rings. The summed E-state index contributed by atoms with van der Waals surface area (Å²) in [6.07, 6.45) is -1.12. The van der Waals surface area contributed by atoms with Gasteiger partial charge >= 0.3 is 6.09 Å². The maximum atomic E-state index is 10.2. The Morgan fingerprint density at radius 1 is 1.89 bits per heavy atom. The van der Waals surface area contributed by atoms with Gasteiger partial charge in [0.05, 0.1) is 6.61 Å². The molecule has 1 radical (unpaired) electrons. The molecule has 0 aromatic carbocycles. The van der Waals surface area contributed by atoms with Gasteiger partial charge in [-0.25, -0.2) is 4.79 Å². The summed E-state index contributed by atoms with van der Waals surface area (Å²) in [5.41, 5.74) is 0.914. The minimum Gasteiger partial charge on any atom is -0.447 e. The molecule has 53 valence electrons. The molecule has 0 saturated heterocycles. The van der Waals surface area contributed by atoms with Crippen LogP contribution in [-0.2, 0) is 9.94 Å². The van der Waals surface area contributed by atoms with Crippen LogP contribution in [0.5, 0.6) is 0 Å². The second-order valence-electron chi connectivity index (χ2n) is 1.10. The van der Waals surface area contributed by atoms with E-state index in [0.717, 1.165) is 5.59 Å². The number of nitrogens with one attached hydrogen (secondary N) is 1. The Hall–Kier alpha value is -0.850. The molecule has 0 fully saturated rings. The second-order valence-corrected chi connectivity index (χ2v) is 1.10. The molecule has 0 aliphatic rings. The van der Waals surface area contributed by atoms with Crippen molar-refractivity contribution in [3.8, 4) is 0 Å². The molecule has 0 saturated carbocycles. The quantitative estimate of drug-likeness (QED) is 0.401. The van der Waals surface area contributed by atoms with Crippen LogP contribution >= 0.6 is 0 Å². The van der Waals surface area contributed by atoms with Crippen molar-refractivity contribution in [2.75, 3.05) is 6.61 Å². The monoisotopic (exact) mass is 135 g/mol. The average molecular weight is 135 g/mol. The zero-order valence-corrected chi connectivity index (χ0v) is 4.83. The van der Waals surface area contributed by atoms with E-state index in [0.29, 0.717) is 0 Å². The minimum atomic E-state index is -1.12. The first-order valence-corrected chi connectivity index (χ1v) is 2.26. The molecular formula is C3H7N2O4. The summed E-state index contributed by atoms with van der Waals surface area (Å²) in [7, 11) is 0. The number of amides is 1. The number of hydrogen-bond acceptors (Lipinski definition) is 4. The van der Waals surface area contributed by atoms with E-state index in [2.05, 4.69) is 4.74 Å². The van der Waals surface area contributed by atoms with Gasteiger partial charge in [-0.3, -0.25) is 5.21 Å². The lowest BCUT2D eigenvalue weighted by molar-refractivity contribution is -0.213. The lowest BCUT2D eigenvalue weighted by atomic mass is 10.9. The zero-order chi connectivity index (χ0) is 7.28. The molecule has 6 heteroatoms. The van der Waals surface area contributed by atoms with Crippen LogP contribution < -0.4 is 5.59 Å². The van der Waals surface area contributed by atoms with Crippen LogP contribution in [0.15, 0.2) is 0 Å². The van der Waals surface area contributed by atoms with Gasteiger partial charge in [0.25, 0.3) is 0 Å². The Balaban J connectivity index is 3.46. The number of carbonyl (C=O) groups excluding carboxylic acids is 1. The van der Waals surface area contributed by atoms with E-state index in [-0.39, 0.29) is 11.8 Å². The molecule has 9 heavy (non-hydrogen) atoms. The third-order valence-electron chi connectivity index (χ3n) is 0.527. The number of rotatable bonds is 2. The summed E-state index contributed by atoms with van der Waals surface area (Å²) in [4.78, 5) is 10.2. The summed E-state index contributed by atoms with van der Waals surface area (Å²) >= 11 is 0. The largest absolute Gasteiger partial charge is 0.451 e. The fourth-order valence-corrected chi connectivity index (χ4v) is 0.222. The number of nitrogens with zero attached hydrogens (tertiary/aromatic N) is 1. The SMILES string of the molecule is CCOC(=O)N(O)N[O]. The van der Waals surface area contributed by atoms with E-state index in [1.165, 1.54) is 0 Å². The number of hydrazine groups is 1. The van der Waals surface area contributed by atoms with E-state index >= 15 is 0 Å². The zero-order valence-electron chi connectivity index (χ0n) is 4.83. The van der Waals surface area contributed by atoms with Gasteiger partial charge in [-0.1, -0.05) is 10.4 Å². The lowest BCUT2D eigenvalue weighted by Gasteiger charge is -2.07. The van der Waals surface area contributed by atoms with E-state index in [1.807, 2.05) is 0 Å². The Kier molecular flexibility index (Phi) is 3.69. The highest BCUT2D eigenvalue weighted by Gasteiger charge is 2.08. The Bertz CT molecular complexity index is 95.8. The van der Waals surface area contributed by atoms with Crippen molar-refractivity contribution >= 4 is 6.09 Å². The molecule has 0 aromatic heterocycles. The fraction of sp³-hybridized carbons (Fsp3) is 0.667. The first-order valence-electron chi connectivity index (χ1n) is 2.26. The van der Waals surface area contributed by atoms with Gasteiger partial charge in [0.15, 0.2) is 0 Å². The van der Waals surface area contributed by atoms with E-state index in [9.17, 15) is 10.0 Å². The summed E-state index contributed by atoms with van der Waals surface area (Å²) < 4.78 is 4.17. The van der Waals surface area contributed by atoms with Gasteiger partial charge in [-0.2, -0.15) is 0 Å². The van der Waals surface area contributed by atoms with Crippen LogP contribution in [0.3, 0.4) is 0 Å². The highest BCUT2D eigenvalue weighted by atomic mass is 16.7. The lowest BCUT2D eigenvalue weighted by Crippen LogP contribution is -2.37. The predicted molar refractivity (Wildman–Crippen MR) is 24.5 cm³/mol. The Morgan fingerprint density at radius 3 is 2.78 bits per heavy atom. The summed E-state index contributed by atoms with van der Waals surface area (Å²) in [5.74, 6) is 0. The summed E-state index contributed by atoms with van der Waals surface area (Å²) in [5, 5.41) is 17.4. The van der Waals surface area contributed by atoms with Gasteiger partial charge in [-0.15, -0.1) is 0 Å². The van der Waals surface area contributed by atoms with Crippen molar-refractivity contribution in [1.82, 2.24) is 10.8 Å². The number of hydroxylamine groups is 1. The molecule has 0 unspecified atom stereocenters. The Labute approximate surface area is 51.5 Å². The highest BCUT2D eigenvalue weighted by Crippen LogP contribution is 1.82. The standard InChI is InChI=1S/C3H7N2O4/c1-2-9-3(6)5(8)4-7/h4,8H,2H2,1H3. The van der Waals surface area contributed by atoms with Crippen LogP contribution in [-0.4, -0.2) is 23.1 Å². The molecule has 1 amide bonds. The Morgan fingerprint density at radius 2 is 2.44 bits per heavy atom. The van der Waals surface area contributed by atoms with Gasteiger partial charge in [0.2, 0.25) is 0 Å². The molecule has 0 bridgehead atoms. The number of hydrogen-bond donors (Lipinski definition) is 2. The van der Waals surface area contributed by atoms with E-state index in [1.54, 1.807) is 6.92 Å². The molecule has 0 aliphatic heterocycles. The van der Waals surface area contributed by atoms with Crippen LogP contribution in [0.4, 0.5) is 4.79 Å². The molecular weight excluding hydrogens is 128 g/mol. The summed E-state index contributed by atoms with van der Waals surface area (Å²) in [6.45, 7) is 1.66. The molecule has 0 spiro atoms. The van der Waals surface area contributed by atoms with E-state index < -0.39 is 6.09 Å². The predicted octanol–water partition coefficient (Wildman–Crippen LogP) is -0.316. The molecule has 0 heterocycles. The van der Waals surface area contributed by atoms with Crippen molar-refractivity contribution in [1.29, 1.82) is 0 Å². The fourth-order valence-electron chi connectivity index (χ4n) is 0.222. The molecule has 2 N–H and O–H groups in total. The van der Waals surface area contributed by atoms with Gasteiger partial charge in [0, 0.05) is 0 Å². The normalized spacial score (nSPS) is 8.78. The van der Waals surface area contributed by atoms with Gasteiger partial charge in [-0.05, 0) is 12.5 Å². The van der Waals surface area contributed by atoms with Crippen LogP contribution in [0.25, 0.3) is 0 Å². The molecule has 0 atom stereocenters. The van der Waals surface area contributed by atoms with Crippen molar-refractivity contribution in [2.45, 2.75) is 6.92 Å². The minimum absolute atomic E-state index is 0.109. The van der Waals surface area contributed by atoms with Crippen LogP contribution in [0.1, 0.15) is 6.92 Å². The second kappa shape index (κ2) is 4.07. The van der Waals surface area contributed by atoms with Gasteiger partial charge in [0.1, 0.15) is 0 Å². The number of ether oxygens (including phenoxy) is 1. The van der Waals surface area contributed by atoms with Crippen molar-refractivity contribution in [2.24, 2.45) is 0 Å².